The zero-order valence-corrected chi connectivity index (χ0v) is 12.8. The van der Waals surface area contributed by atoms with E-state index in [2.05, 4.69) is 25.7 Å². The molecule has 20 heavy (non-hydrogen) atoms. The van der Waals surface area contributed by atoms with Crippen LogP contribution in [0.25, 0.3) is 0 Å². The van der Waals surface area contributed by atoms with Gasteiger partial charge in [-0.3, -0.25) is 9.69 Å². The Morgan fingerprint density at radius 2 is 1.75 bits per heavy atom. The Kier molecular flexibility index (Phi) is 5.46. The van der Waals surface area contributed by atoms with E-state index in [9.17, 15) is 18.0 Å². The quantitative estimate of drug-likeness (QED) is 0.795. The highest BCUT2D eigenvalue weighted by atomic mass is 19.4. The van der Waals surface area contributed by atoms with Crippen molar-refractivity contribution in [3.63, 3.8) is 0 Å². The fourth-order valence-electron chi connectivity index (χ4n) is 2.99. The largest absolute Gasteiger partial charge is 0.471 e. The van der Waals surface area contributed by atoms with E-state index in [1.54, 1.807) is 0 Å². The van der Waals surface area contributed by atoms with Crippen molar-refractivity contribution in [2.75, 3.05) is 20.1 Å². The maximum Gasteiger partial charge on any atom is 0.471 e. The van der Waals surface area contributed by atoms with E-state index in [1.807, 2.05) is 0 Å². The van der Waals surface area contributed by atoms with Gasteiger partial charge in [0.05, 0.1) is 0 Å². The van der Waals surface area contributed by atoms with Crippen molar-refractivity contribution in [3.8, 4) is 0 Å². The zero-order chi connectivity index (χ0) is 15.6. The third-order valence-corrected chi connectivity index (χ3v) is 4.29. The number of amides is 1. The molecule has 1 aliphatic heterocycles. The summed E-state index contributed by atoms with van der Waals surface area (Å²) in [6, 6.07) is -0.308. The topological polar surface area (TPSA) is 23.6 Å². The van der Waals surface area contributed by atoms with Crippen LogP contribution in [0.3, 0.4) is 0 Å². The summed E-state index contributed by atoms with van der Waals surface area (Å²) < 4.78 is 37.3. The second-order valence-corrected chi connectivity index (χ2v) is 6.19. The number of rotatable bonds is 4. The fourth-order valence-corrected chi connectivity index (χ4v) is 2.99. The second kappa shape index (κ2) is 6.33. The van der Waals surface area contributed by atoms with Gasteiger partial charge in [-0.05, 0) is 33.1 Å². The molecule has 0 radical (unpaired) electrons. The Bertz CT molecular complexity index is 334. The van der Waals surface area contributed by atoms with Crippen LogP contribution in [0.5, 0.6) is 0 Å². The molecule has 1 rings (SSSR count). The van der Waals surface area contributed by atoms with E-state index in [0.717, 1.165) is 30.8 Å². The number of hydrogen-bond donors (Lipinski definition) is 0. The van der Waals surface area contributed by atoms with Gasteiger partial charge in [0.25, 0.3) is 0 Å². The molecule has 0 bridgehead atoms. The lowest BCUT2D eigenvalue weighted by Crippen LogP contribution is -2.53. The van der Waals surface area contributed by atoms with Crippen LogP contribution in [0.15, 0.2) is 0 Å². The molecule has 1 saturated heterocycles. The highest BCUT2D eigenvalue weighted by Crippen LogP contribution is 2.28. The lowest BCUT2D eigenvalue weighted by molar-refractivity contribution is -0.187. The van der Waals surface area contributed by atoms with Crippen LogP contribution < -0.4 is 0 Å². The van der Waals surface area contributed by atoms with Gasteiger partial charge in [0.1, 0.15) is 0 Å². The smallest absolute Gasteiger partial charge is 0.335 e. The average molecular weight is 294 g/mol. The molecule has 0 atom stereocenters. The molecule has 1 aliphatic rings. The van der Waals surface area contributed by atoms with E-state index in [-0.39, 0.29) is 11.6 Å². The lowest BCUT2D eigenvalue weighted by atomic mass is 9.92. The van der Waals surface area contributed by atoms with E-state index in [0.29, 0.717) is 12.8 Å². The van der Waals surface area contributed by atoms with E-state index < -0.39 is 12.1 Å². The van der Waals surface area contributed by atoms with Crippen molar-refractivity contribution in [2.24, 2.45) is 0 Å². The molecule has 0 aromatic rings. The standard InChI is InChI=1S/C14H25F3N2O/c1-5-8-13(2,3)19-9-6-11(7-10-19)18(4)12(20)14(15,16)17/h11H,5-10H2,1-4H3. The summed E-state index contributed by atoms with van der Waals surface area (Å²) in [7, 11) is 1.26. The molecular formula is C14H25F3N2O. The summed E-state index contributed by atoms with van der Waals surface area (Å²) in [4.78, 5) is 14.4. The molecule has 0 saturated carbocycles. The molecule has 0 aromatic carbocycles. The first-order valence-electron chi connectivity index (χ1n) is 7.18. The molecule has 3 nitrogen and oxygen atoms in total. The molecule has 118 valence electrons. The van der Waals surface area contributed by atoms with E-state index in [4.69, 9.17) is 0 Å². The summed E-state index contributed by atoms with van der Waals surface area (Å²) in [6.07, 6.45) is -1.42. The fraction of sp³-hybridized carbons (Fsp3) is 0.929. The molecule has 1 fully saturated rings. The van der Waals surface area contributed by atoms with Gasteiger partial charge >= 0.3 is 12.1 Å². The minimum atomic E-state index is -4.77. The van der Waals surface area contributed by atoms with Gasteiger partial charge in [0, 0.05) is 31.7 Å². The number of likely N-dealkylation sites (tertiary alicyclic amines) is 1. The highest BCUT2D eigenvalue weighted by Gasteiger charge is 2.44. The predicted molar refractivity (Wildman–Crippen MR) is 72.4 cm³/mol. The molecule has 0 N–H and O–H groups in total. The van der Waals surface area contributed by atoms with Gasteiger partial charge in [0.2, 0.25) is 0 Å². The molecule has 6 heteroatoms. The Labute approximate surface area is 119 Å². The van der Waals surface area contributed by atoms with Gasteiger partial charge in [-0.15, -0.1) is 0 Å². The molecular weight excluding hydrogens is 269 g/mol. The maximum atomic E-state index is 12.4. The van der Waals surface area contributed by atoms with Crippen LogP contribution in [0, 0.1) is 0 Å². The van der Waals surface area contributed by atoms with Gasteiger partial charge < -0.3 is 4.90 Å². The minimum absolute atomic E-state index is 0.0757. The van der Waals surface area contributed by atoms with Crippen molar-refractivity contribution < 1.29 is 18.0 Å². The third-order valence-electron chi connectivity index (χ3n) is 4.29. The van der Waals surface area contributed by atoms with Crippen molar-refractivity contribution in [2.45, 2.75) is 64.2 Å². The molecule has 0 aliphatic carbocycles. The van der Waals surface area contributed by atoms with Crippen LogP contribution in [0.4, 0.5) is 13.2 Å². The average Bonchev–Trinajstić information content (AvgIpc) is 2.36. The van der Waals surface area contributed by atoms with Crippen molar-refractivity contribution in [3.05, 3.63) is 0 Å². The summed E-state index contributed by atoms with van der Waals surface area (Å²) in [6.45, 7) is 7.95. The molecule has 0 spiro atoms. The molecule has 1 heterocycles. The Balaban J connectivity index is 2.56. The molecule has 1 amide bonds. The minimum Gasteiger partial charge on any atom is -0.335 e. The first kappa shape index (κ1) is 17.3. The number of alkyl halides is 3. The van der Waals surface area contributed by atoms with Crippen LogP contribution in [-0.4, -0.2) is 53.6 Å². The maximum absolute atomic E-state index is 12.4. The summed E-state index contributed by atoms with van der Waals surface area (Å²) in [5, 5.41) is 0. The number of halogens is 3. The zero-order valence-electron chi connectivity index (χ0n) is 12.8. The van der Waals surface area contributed by atoms with Crippen molar-refractivity contribution in [1.29, 1.82) is 0 Å². The SMILES string of the molecule is CCCC(C)(C)N1CCC(N(C)C(=O)C(F)(F)F)CC1. The van der Waals surface area contributed by atoms with Crippen LogP contribution in [-0.2, 0) is 4.79 Å². The summed E-state index contributed by atoms with van der Waals surface area (Å²) in [5.41, 5.74) is 0.0757. The van der Waals surface area contributed by atoms with Crippen molar-refractivity contribution in [1.82, 2.24) is 9.80 Å². The van der Waals surface area contributed by atoms with Crippen LogP contribution >= 0.6 is 0 Å². The summed E-state index contributed by atoms with van der Waals surface area (Å²) in [5.74, 6) is -1.73. The number of carbonyl (C=O) groups excluding carboxylic acids is 1. The van der Waals surface area contributed by atoms with Gasteiger partial charge in [-0.25, -0.2) is 0 Å². The van der Waals surface area contributed by atoms with E-state index in [1.165, 1.54) is 7.05 Å². The second-order valence-electron chi connectivity index (χ2n) is 6.19. The van der Waals surface area contributed by atoms with Gasteiger partial charge in [-0.2, -0.15) is 13.2 Å². The number of piperidine rings is 1. The normalized spacial score (nSPS) is 19.1. The number of nitrogens with zero attached hydrogens (tertiary/aromatic N) is 2. The highest BCUT2D eigenvalue weighted by molar-refractivity contribution is 5.81. The van der Waals surface area contributed by atoms with Crippen LogP contribution in [0.1, 0.15) is 46.5 Å². The van der Waals surface area contributed by atoms with E-state index >= 15 is 0 Å². The predicted octanol–water partition coefficient (Wildman–Crippen LogP) is 3.05. The number of carbonyl (C=O) groups is 1. The Morgan fingerprint density at radius 3 is 2.15 bits per heavy atom. The first-order valence-corrected chi connectivity index (χ1v) is 7.18. The molecule has 0 unspecified atom stereocenters. The van der Waals surface area contributed by atoms with Crippen molar-refractivity contribution >= 4 is 5.91 Å². The van der Waals surface area contributed by atoms with Gasteiger partial charge in [-0.1, -0.05) is 13.3 Å². The molecule has 0 aromatic heterocycles. The monoisotopic (exact) mass is 294 g/mol. The number of hydrogen-bond acceptors (Lipinski definition) is 2. The first-order chi connectivity index (χ1) is 9.09. The summed E-state index contributed by atoms with van der Waals surface area (Å²) >= 11 is 0. The Hall–Kier alpha value is -0.780. The van der Waals surface area contributed by atoms with Gasteiger partial charge in [0.15, 0.2) is 0 Å². The Morgan fingerprint density at radius 1 is 1.25 bits per heavy atom. The van der Waals surface area contributed by atoms with Crippen LogP contribution in [0.2, 0.25) is 0 Å². The third kappa shape index (κ3) is 4.11. The lowest BCUT2D eigenvalue weighted by Gasteiger charge is -2.44.